The van der Waals surface area contributed by atoms with Crippen LogP contribution in [0.25, 0.3) is 6.08 Å². The minimum Gasteiger partial charge on any atom is -0.458 e. The van der Waals surface area contributed by atoms with E-state index in [4.69, 9.17) is 16.3 Å². The maximum absolute atomic E-state index is 12.2. The molecule has 0 N–H and O–H groups in total. The lowest BCUT2D eigenvalue weighted by Crippen LogP contribution is -2.22. The van der Waals surface area contributed by atoms with Gasteiger partial charge in [0.25, 0.3) is 0 Å². The number of hydrogen-bond acceptors (Lipinski definition) is 2. The number of benzene rings is 1. The van der Waals surface area contributed by atoms with Crippen LogP contribution in [0.3, 0.4) is 0 Å². The van der Waals surface area contributed by atoms with Crippen LogP contribution in [0, 0.1) is 10.8 Å². The molecule has 1 atom stereocenters. The zero-order valence-corrected chi connectivity index (χ0v) is 16.6. The Hall–Kier alpha value is -1.28. The van der Waals surface area contributed by atoms with Gasteiger partial charge in [0.1, 0.15) is 6.10 Å². The highest BCUT2D eigenvalue weighted by Gasteiger charge is 2.21. The average molecular weight is 351 g/mol. The third-order valence-corrected chi connectivity index (χ3v) is 3.76. The molecule has 134 valence electrons. The van der Waals surface area contributed by atoms with E-state index in [2.05, 4.69) is 20.8 Å². The summed E-state index contributed by atoms with van der Waals surface area (Å²) < 4.78 is 5.72. The van der Waals surface area contributed by atoms with Gasteiger partial charge in [-0.05, 0) is 47.4 Å². The van der Waals surface area contributed by atoms with E-state index >= 15 is 0 Å². The molecule has 0 bridgehead atoms. The molecule has 0 saturated carbocycles. The van der Waals surface area contributed by atoms with Gasteiger partial charge < -0.3 is 4.74 Å². The Kier molecular flexibility index (Phi) is 7.54. The molecule has 0 unspecified atom stereocenters. The smallest absolute Gasteiger partial charge is 0.306 e. The van der Waals surface area contributed by atoms with Gasteiger partial charge in [0.2, 0.25) is 0 Å². The first-order valence-electron chi connectivity index (χ1n) is 8.58. The molecule has 0 amide bonds. The highest BCUT2D eigenvalue weighted by atomic mass is 35.5. The molecule has 1 rings (SSSR count). The van der Waals surface area contributed by atoms with E-state index in [1.807, 2.05) is 57.2 Å². The van der Waals surface area contributed by atoms with Crippen LogP contribution in [0.1, 0.15) is 66.4 Å². The highest BCUT2D eigenvalue weighted by Crippen LogP contribution is 2.25. The van der Waals surface area contributed by atoms with Gasteiger partial charge in [-0.3, -0.25) is 4.79 Å². The van der Waals surface area contributed by atoms with Crippen molar-refractivity contribution in [2.75, 3.05) is 0 Å². The summed E-state index contributed by atoms with van der Waals surface area (Å²) in [5.41, 5.74) is 1.20. The number of halogens is 1. The Morgan fingerprint density at radius 2 is 1.67 bits per heavy atom. The molecule has 0 aliphatic heterocycles. The van der Waals surface area contributed by atoms with Gasteiger partial charge in [-0.2, -0.15) is 0 Å². The molecule has 0 aliphatic rings. The van der Waals surface area contributed by atoms with Crippen LogP contribution < -0.4 is 0 Å². The zero-order valence-electron chi connectivity index (χ0n) is 15.9. The maximum Gasteiger partial charge on any atom is 0.306 e. The number of carbonyl (C=O) groups excluding carboxylic acids is 1. The average Bonchev–Trinajstić information content (AvgIpc) is 2.40. The van der Waals surface area contributed by atoms with Gasteiger partial charge >= 0.3 is 5.97 Å². The van der Waals surface area contributed by atoms with Crippen LogP contribution in [0.5, 0.6) is 0 Å². The predicted octanol–water partition coefficient (Wildman–Crippen LogP) is 6.53. The number of carbonyl (C=O) groups is 1. The van der Waals surface area contributed by atoms with Crippen molar-refractivity contribution in [1.82, 2.24) is 0 Å². The first kappa shape index (κ1) is 20.8. The molecule has 0 aromatic heterocycles. The van der Waals surface area contributed by atoms with Gasteiger partial charge in [-0.1, -0.05) is 71.4 Å². The summed E-state index contributed by atoms with van der Waals surface area (Å²) in [7, 11) is 0. The van der Waals surface area contributed by atoms with Crippen LogP contribution in [0.15, 0.2) is 30.3 Å². The van der Waals surface area contributed by atoms with Gasteiger partial charge in [-0.15, -0.1) is 0 Å². The molecule has 0 aliphatic carbocycles. The van der Waals surface area contributed by atoms with Crippen LogP contribution in [-0.2, 0) is 9.53 Å². The number of rotatable bonds is 6. The predicted molar refractivity (Wildman–Crippen MR) is 103 cm³/mol. The summed E-state index contributed by atoms with van der Waals surface area (Å²) in [5, 5.41) is 0.716. The van der Waals surface area contributed by atoms with Crippen molar-refractivity contribution in [3.63, 3.8) is 0 Å². The van der Waals surface area contributed by atoms with Crippen molar-refractivity contribution >= 4 is 23.6 Å². The molecular formula is C21H31ClO2. The normalized spacial score (nSPS) is 14.0. The summed E-state index contributed by atoms with van der Waals surface area (Å²) in [5.74, 6) is -0.137. The molecule has 1 aromatic carbocycles. The first-order valence-corrected chi connectivity index (χ1v) is 8.96. The second-order valence-electron chi connectivity index (χ2n) is 8.78. The summed E-state index contributed by atoms with van der Waals surface area (Å²) >= 11 is 5.91. The quantitative estimate of drug-likeness (QED) is 0.545. The van der Waals surface area contributed by atoms with Gasteiger partial charge in [0.15, 0.2) is 0 Å². The van der Waals surface area contributed by atoms with Crippen LogP contribution in [0.2, 0.25) is 5.02 Å². The lowest BCUT2D eigenvalue weighted by molar-refractivity contribution is -0.149. The highest BCUT2D eigenvalue weighted by molar-refractivity contribution is 6.30. The van der Waals surface area contributed by atoms with E-state index in [0.717, 1.165) is 18.4 Å². The lowest BCUT2D eigenvalue weighted by Gasteiger charge is -2.23. The Morgan fingerprint density at radius 3 is 2.17 bits per heavy atom. The molecule has 3 heteroatoms. The van der Waals surface area contributed by atoms with E-state index < -0.39 is 0 Å². The summed E-state index contributed by atoms with van der Waals surface area (Å²) in [4.78, 5) is 12.2. The van der Waals surface area contributed by atoms with Crippen LogP contribution in [-0.4, -0.2) is 12.1 Å². The summed E-state index contributed by atoms with van der Waals surface area (Å²) in [6.45, 7) is 12.7. The van der Waals surface area contributed by atoms with Crippen molar-refractivity contribution in [1.29, 1.82) is 0 Å². The second-order valence-corrected chi connectivity index (χ2v) is 9.21. The fourth-order valence-corrected chi connectivity index (χ4v) is 2.33. The van der Waals surface area contributed by atoms with E-state index in [-0.39, 0.29) is 22.9 Å². The molecule has 0 saturated heterocycles. The Labute approximate surface area is 152 Å². The molecule has 0 fully saturated rings. The van der Waals surface area contributed by atoms with Gasteiger partial charge in [-0.25, -0.2) is 0 Å². The monoisotopic (exact) mass is 350 g/mol. The van der Waals surface area contributed by atoms with E-state index in [0.29, 0.717) is 11.4 Å². The van der Waals surface area contributed by atoms with E-state index in [1.54, 1.807) is 0 Å². The summed E-state index contributed by atoms with van der Waals surface area (Å²) in [6.07, 6.45) is 6.02. The topological polar surface area (TPSA) is 26.3 Å². The summed E-state index contributed by atoms with van der Waals surface area (Å²) in [6, 6.07) is 7.63. The van der Waals surface area contributed by atoms with Gasteiger partial charge in [0.05, 0.1) is 6.42 Å². The lowest BCUT2D eigenvalue weighted by atomic mass is 9.89. The molecule has 0 spiro atoms. The largest absolute Gasteiger partial charge is 0.458 e. The molecule has 0 radical (unpaired) electrons. The van der Waals surface area contributed by atoms with Crippen LogP contribution in [0.4, 0.5) is 0 Å². The van der Waals surface area contributed by atoms with Crippen molar-refractivity contribution in [3.8, 4) is 0 Å². The number of ether oxygens (including phenoxy) is 1. The van der Waals surface area contributed by atoms with Crippen LogP contribution >= 0.6 is 11.6 Å². The Balaban J connectivity index is 2.76. The molecular weight excluding hydrogens is 320 g/mol. The number of esters is 1. The molecule has 1 aromatic rings. The SMILES string of the molecule is CC(C)(C)CC[C@@H](/C=C/c1ccc(Cl)cc1)OC(=O)CC(C)(C)C. The third-order valence-electron chi connectivity index (χ3n) is 3.51. The van der Waals surface area contributed by atoms with Crippen molar-refractivity contribution in [3.05, 3.63) is 40.9 Å². The Bertz CT molecular complexity index is 545. The third kappa shape index (κ3) is 9.77. The van der Waals surface area contributed by atoms with E-state index in [1.165, 1.54) is 0 Å². The fourth-order valence-electron chi connectivity index (χ4n) is 2.21. The molecule has 2 nitrogen and oxygen atoms in total. The van der Waals surface area contributed by atoms with Gasteiger partial charge in [0, 0.05) is 5.02 Å². The maximum atomic E-state index is 12.2. The first-order chi connectivity index (χ1) is 10.9. The standard InChI is InChI=1S/C21H31ClO2/c1-20(2,3)14-13-18(24-19(23)15-21(4,5)6)12-9-16-7-10-17(22)11-8-16/h7-12,18H,13-15H2,1-6H3/b12-9+/t18-/m1/s1. The van der Waals surface area contributed by atoms with Crippen molar-refractivity contribution < 1.29 is 9.53 Å². The zero-order chi connectivity index (χ0) is 18.4. The van der Waals surface area contributed by atoms with E-state index in [9.17, 15) is 4.79 Å². The minimum absolute atomic E-state index is 0.0639. The number of hydrogen-bond donors (Lipinski definition) is 0. The van der Waals surface area contributed by atoms with Crippen molar-refractivity contribution in [2.45, 2.75) is 66.9 Å². The molecule has 0 heterocycles. The fraction of sp³-hybridized carbons (Fsp3) is 0.571. The van der Waals surface area contributed by atoms with Crippen molar-refractivity contribution in [2.24, 2.45) is 10.8 Å². The molecule has 24 heavy (non-hydrogen) atoms. The Morgan fingerprint density at radius 1 is 1.08 bits per heavy atom. The second kappa shape index (κ2) is 8.71. The minimum atomic E-state index is -0.199.